The fraction of sp³-hybridized carbons (Fsp3) is 0.353. The van der Waals surface area contributed by atoms with Gasteiger partial charge in [-0.2, -0.15) is 0 Å². The lowest BCUT2D eigenvalue weighted by Crippen LogP contribution is -2.30. The van der Waals surface area contributed by atoms with Crippen molar-refractivity contribution in [2.45, 2.75) is 32.9 Å². The summed E-state index contributed by atoms with van der Waals surface area (Å²) >= 11 is 0. The van der Waals surface area contributed by atoms with Crippen molar-refractivity contribution in [1.29, 1.82) is 0 Å². The standard InChI is InChI=1S/C17H21N5/c1-13-5-4-8-22-12-16(20-17(13)22)11-21(3)14(2)9-15-10-18-6-7-19-15/h4-8,10,12,14H,9,11H2,1-3H3/t14-/m0/s1. The van der Waals surface area contributed by atoms with Gasteiger partial charge in [0.2, 0.25) is 0 Å². The van der Waals surface area contributed by atoms with Crippen LogP contribution in [0, 0.1) is 6.92 Å². The molecule has 1 atom stereocenters. The molecule has 3 rings (SSSR count). The average molecular weight is 295 g/mol. The van der Waals surface area contributed by atoms with Crippen LogP contribution in [0.4, 0.5) is 0 Å². The SMILES string of the molecule is Cc1cccn2cc(CN(C)[C@@H](C)Cc3cnccn3)nc12. The Morgan fingerprint density at radius 3 is 2.86 bits per heavy atom. The summed E-state index contributed by atoms with van der Waals surface area (Å²) in [6.07, 6.45) is 10.3. The molecule has 0 aromatic carbocycles. The van der Waals surface area contributed by atoms with Crippen molar-refractivity contribution >= 4 is 5.65 Å². The molecule has 3 heterocycles. The molecule has 0 aliphatic carbocycles. The molecular weight excluding hydrogens is 274 g/mol. The van der Waals surface area contributed by atoms with Crippen LogP contribution in [0.2, 0.25) is 0 Å². The molecule has 114 valence electrons. The minimum Gasteiger partial charge on any atom is -0.307 e. The molecule has 0 radical (unpaired) electrons. The third-order valence-electron chi connectivity index (χ3n) is 4.01. The zero-order valence-corrected chi connectivity index (χ0v) is 13.3. The second kappa shape index (κ2) is 6.23. The Morgan fingerprint density at radius 2 is 2.14 bits per heavy atom. The summed E-state index contributed by atoms with van der Waals surface area (Å²) in [5, 5.41) is 0. The average Bonchev–Trinajstić information content (AvgIpc) is 2.92. The smallest absolute Gasteiger partial charge is 0.139 e. The van der Waals surface area contributed by atoms with E-state index in [1.807, 2.05) is 18.5 Å². The van der Waals surface area contributed by atoms with Gasteiger partial charge in [-0.25, -0.2) is 4.98 Å². The third-order valence-corrected chi connectivity index (χ3v) is 4.01. The van der Waals surface area contributed by atoms with E-state index in [9.17, 15) is 0 Å². The number of fused-ring (bicyclic) bond motifs is 1. The molecule has 0 amide bonds. The lowest BCUT2D eigenvalue weighted by molar-refractivity contribution is 0.244. The lowest BCUT2D eigenvalue weighted by atomic mass is 10.1. The summed E-state index contributed by atoms with van der Waals surface area (Å²) in [7, 11) is 2.12. The van der Waals surface area contributed by atoms with E-state index >= 15 is 0 Å². The van der Waals surface area contributed by atoms with E-state index in [0.717, 1.165) is 30.0 Å². The van der Waals surface area contributed by atoms with E-state index in [2.05, 4.69) is 52.4 Å². The Morgan fingerprint density at radius 1 is 1.27 bits per heavy atom. The Labute approximate surface area is 130 Å². The molecule has 0 bridgehead atoms. The van der Waals surface area contributed by atoms with Crippen LogP contribution in [0.25, 0.3) is 5.65 Å². The topological polar surface area (TPSA) is 46.3 Å². The van der Waals surface area contributed by atoms with Crippen molar-refractivity contribution < 1.29 is 0 Å². The van der Waals surface area contributed by atoms with Crippen molar-refractivity contribution in [3.05, 3.63) is 60.1 Å². The number of nitrogens with zero attached hydrogens (tertiary/aromatic N) is 5. The van der Waals surface area contributed by atoms with Gasteiger partial charge in [-0.1, -0.05) is 6.07 Å². The second-order valence-corrected chi connectivity index (χ2v) is 5.82. The summed E-state index contributed by atoms with van der Waals surface area (Å²) in [6.45, 7) is 5.12. The molecule has 3 aromatic rings. The summed E-state index contributed by atoms with van der Waals surface area (Å²) in [6, 6.07) is 4.52. The van der Waals surface area contributed by atoms with Crippen LogP contribution in [0.1, 0.15) is 23.9 Å². The zero-order valence-electron chi connectivity index (χ0n) is 13.3. The minimum atomic E-state index is 0.377. The van der Waals surface area contributed by atoms with Crippen molar-refractivity contribution in [3.63, 3.8) is 0 Å². The van der Waals surface area contributed by atoms with E-state index in [-0.39, 0.29) is 0 Å². The molecule has 0 aliphatic rings. The Hall–Kier alpha value is -2.27. The van der Waals surface area contributed by atoms with E-state index in [0.29, 0.717) is 6.04 Å². The molecule has 0 spiro atoms. The van der Waals surface area contributed by atoms with Crippen LogP contribution in [-0.2, 0) is 13.0 Å². The molecule has 0 fully saturated rings. The van der Waals surface area contributed by atoms with Crippen LogP contribution in [0.5, 0.6) is 0 Å². The van der Waals surface area contributed by atoms with E-state index in [1.54, 1.807) is 12.4 Å². The third kappa shape index (κ3) is 3.14. The van der Waals surface area contributed by atoms with Gasteiger partial charge < -0.3 is 4.40 Å². The zero-order chi connectivity index (χ0) is 15.5. The number of hydrogen-bond acceptors (Lipinski definition) is 4. The first kappa shape index (κ1) is 14.7. The molecular formula is C17H21N5. The van der Waals surface area contributed by atoms with Gasteiger partial charge in [0.05, 0.1) is 11.4 Å². The van der Waals surface area contributed by atoms with Crippen molar-refractivity contribution in [1.82, 2.24) is 24.3 Å². The molecule has 5 nitrogen and oxygen atoms in total. The normalized spacial score (nSPS) is 12.9. The second-order valence-electron chi connectivity index (χ2n) is 5.82. The maximum Gasteiger partial charge on any atom is 0.139 e. The number of aromatic nitrogens is 4. The molecule has 0 N–H and O–H groups in total. The number of hydrogen-bond donors (Lipinski definition) is 0. The number of aryl methyl sites for hydroxylation is 1. The maximum absolute atomic E-state index is 4.73. The number of pyridine rings is 1. The largest absolute Gasteiger partial charge is 0.307 e. The first-order chi connectivity index (χ1) is 10.6. The highest BCUT2D eigenvalue weighted by Crippen LogP contribution is 2.13. The minimum absolute atomic E-state index is 0.377. The molecule has 3 aromatic heterocycles. The first-order valence-electron chi connectivity index (χ1n) is 7.52. The van der Waals surface area contributed by atoms with Crippen LogP contribution in [-0.4, -0.2) is 37.3 Å². The molecule has 0 saturated heterocycles. The predicted octanol–water partition coefficient (Wildman–Crippen LogP) is 2.50. The van der Waals surface area contributed by atoms with Gasteiger partial charge in [-0.15, -0.1) is 0 Å². The highest BCUT2D eigenvalue weighted by molar-refractivity contribution is 5.47. The van der Waals surface area contributed by atoms with Crippen molar-refractivity contribution in [2.24, 2.45) is 0 Å². The summed E-state index contributed by atoms with van der Waals surface area (Å²) in [5.74, 6) is 0. The van der Waals surface area contributed by atoms with Gasteiger partial charge in [0.1, 0.15) is 5.65 Å². The van der Waals surface area contributed by atoms with Crippen LogP contribution >= 0.6 is 0 Å². The molecule has 5 heteroatoms. The van der Waals surface area contributed by atoms with Crippen LogP contribution < -0.4 is 0 Å². The fourth-order valence-corrected chi connectivity index (χ4v) is 2.59. The molecule has 0 unspecified atom stereocenters. The Kier molecular flexibility index (Phi) is 4.15. The summed E-state index contributed by atoms with van der Waals surface area (Å²) in [5.41, 5.74) is 4.34. The van der Waals surface area contributed by atoms with Gasteiger partial charge in [0.15, 0.2) is 0 Å². The number of likely N-dealkylation sites (N-methyl/N-ethyl adjacent to an activating group) is 1. The van der Waals surface area contributed by atoms with Crippen LogP contribution in [0.3, 0.4) is 0 Å². The van der Waals surface area contributed by atoms with Crippen molar-refractivity contribution in [2.75, 3.05) is 7.05 Å². The van der Waals surface area contributed by atoms with Gasteiger partial charge in [0.25, 0.3) is 0 Å². The Balaban J connectivity index is 1.69. The van der Waals surface area contributed by atoms with Gasteiger partial charge in [-0.05, 0) is 32.5 Å². The summed E-state index contributed by atoms with van der Waals surface area (Å²) < 4.78 is 2.09. The van der Waals surface area contributed by atoms with E-state index in [4.69, 9.17) is 4.98 Å². The molecule has 0 saturated carbocycles. The quantitative estimate of drug-likeness (QED) is 0.725. The molecule has 0 aliphatic heterocycles. The number of rotatable bonds is 5. The van der Waals surface area contributed by atoms with Crippen molar-refractivity contribution in [3.8, 4) is 0 Å². The predicted molar refractivity (Wildman–Crippen MR) is 86.6 cm³/mol. The monoisotopic (exact) mass is 295 g/mol. The Bertz CT molecular complexity index is 750. The lowest BCUT2D eigenvalue weighted by Gasteiger charge is -2.23. The van der Waals surface area contributed by atoms with Gasteiger partial charge in [0, 0.05) is 50.0 Å². The molecule has 22 heavy (non-hydrogen) atoms. The summed E-state index contributed by atoms with van der Waals surface area (Å²) in [4.78, 5) is 15.5. The van der Waals surface area contributed by atoms with E-state index < -0.39 is 0 Å². The first-order valence-corrected chi connectivity index (χ1v) is 7.52. The van der Waals surface area contributed by atoms with E-state index in [1.165, 1.54) is 5.56 Å². The number of imidazole rings is 1. The highest BCUT2D eigenvalue weighted by atomic mass is 15.1. The fourth-order valence-electron chi connectivity index (χ4n) is 2.59. The van der Waals surface area contributed by atoms with Crippen LogP contribution in [0.15, 0.2) is 43.1 Å². The highest BCUT2D eigenvalue weighted by Gasteiger charge is 2.13. The van der Waals surface area contributed by atoms with Gasteiger partial charge >= 0.3 is 0 Å². The maximum atomic E-state index is 4.73. The van der Waals surface area contributed by atoms with Gasteiger partial charge in [-0.3, -0.25) is 14.9 Å².